The number of nitrogens with one attached hydrogen (secondary N) is 2. The zero-order valence-corrected chi connectivity index (χ0v) is 14.2. The molecule has 0 spiro atoms. The zero-order valence-electron chi connectivity index (χ0n) is 12.7. The summed E-state index contributed by atoms with van der Waals surface area (Å²) in [6.07, 6.45) is 6.49. The maximum atomic E-state index is 12.3. The Morgan fingerprint density at radius 1 is 1.18 bits per heavy atom. The van der Waals surface area contributed by atoms with Crippen LogP contribution in [-0.4, -0.2) is 31.6 Å². The van der Waals surface area contributed by atoms with Crippen LogP contribution in [0.4, 0.5) is 0 Å². The van der Waals surface area contributed by atoms with Crippen molar-refractivity contribution in [3.05, 3.63) is 33.8 Å². The molecule has 120 valence electrons. The Morgan fingerprint density at radius 3 is 2.82 bits per heavy atom. The van der Waals surface area contributed by atoms with Gasteiger partial charge in [-0.3, -0.25) is 4.79 Å². The Morgan fingerprint density at radius 2 is 2.00 bits per heavy atom. The fourth-order valence-electron chi connectivity index (χ4n) is 4.01. The minimum atomic E-state index is -0.0930. The largest absolute Gasteiger partial charge is 0.351 e. The molecule has 0 saturated carbocycles. The van der Waals surface area contributed by atoms with Crippen LogP contribution >= 0.6 is 23.2 Å². The summed E-state index contributed by atoms with van der Waals surface area (Å²) in [5.41, 5.74) is 0.509. The van der Waals surface area contributed by atoms with Crippen LogP contribution in [0.3, 0.4) is 0 Å². The number of halogens is 2. The minimum Gasteiger partial charge on any atom is -0.351 e. The van der Waals surface area contributed by atoms with Crippen LogP contribution < -0.4 is 10.2 Å². The highest BCUT2D eigenvalue weighted by Crippen LogP contribution is 2.22. The van der Waals surface area contributed by atoms with Gasteiger partial charge < -0.3 is 10.2 Å². The Hall–Kier alpha value is -0.770. The van der Waals surface area contributed by atoms with Gasteiger partial charge in [-0.2, -0.15) is 0 Å². The molecule has 2 N–H and O–H groups in total. The second-order valence-corrected chi connectivity index (χ2v) is 7.34. The molecular weight excluding hydrogens is 319 g/mol. The predicted octanol–water partition coefficient (Wildman–Crippen LogP) is 2.57. The highest BCUT2D eigenvalue weighted by atomic mass is 35.5. The summed E-state index contributed by atoms with van der Waals surface area (Å²) in [4.78, 5) is 14.1. The van der Waals surface area contributed by atoms with E-state index in [2.05, 4.69) is 5.32 Å². The normalized spacial score (nSPS) is 28.0. The van der Waals surface area contributed by atoms with Gasteiger partial charge in [0.1, 0.15) is 0 Å². The van der Waals surface area contributed by atoms with Crippen LogP contribution in [0.5, 0.6) is 0 Å². The molecule has 2 aliphatic heterocycles. The fraction of sp³-hybridized carbons (Fsp3) is 0.588. The molecule has 22 heavy (non-hydrogen) atoms. The summed E-state index contributed by atoms with van der Waals surface area (Å²) >= 11 is 12.0. The lowest BCUT2D eigenvalue weighted by Crippen LogP contribution is -3.18. The molecule has 2 saturated heterocycles. The van der Waals surface area contributed by atoms with Crippen molar-refractivity contribution >= 4 is 29.1 Å². The number of quaternary nitrogens is 1. The maximum Gasteiger partial charge on any atom is 0.252 e. The first kappa shape index (κ1) is 16.1. The number of carbonyl (C=O) groups is 1. The summed E-state index contributed by atoms with van der Waals surface area (Å²) in [6.45, 7) is 3.36. The van der Waals surface area contributed by atoms with Gasteiger partial charge in [0.2, 0.25) is 0 Å². The van der Waals surface area contributed by atoms with Gasteiger partial charge >= 0.3 is 0 Å². The molecule has 1 amide bonds. The third-order valence-electron chi connectivity index (χ3n) is 5.13. The molecule has 1 aromatic rings. The van der Waals surface area contributed by atoms with Crippen LogP contribution in [0.15, 0.2) is 18.2 Å². The van der Waals surface area contributed by atoms with Crippen molar-refractivity contribution in [1.82, 2.24) is 5.32 Å². The summed E-state index contributed by atoms with van der Waals surface area (Å²) in [7, 11) is 0. The molecule has 2 heterocycles. The second kappa shape index (κ2) is 7.20. The van der Waals surface area contributed by atoms with Crippen molar-refractivity contribution in [2.75, 3.05) is 19.6 Å². The molecule has 3 nitrogen and oxygen atoms in total. The Balaban J connectivity index is 1.60. The molecule has 1 unspecified atom stereocenters. The monoisotopic (exact) mass is 341 g/mol. The topological polar surface area (TPSA) is 33.5 Å². The van der Waals surface area contributed by atoms with Gasteiger partial charge in [-0.1, -0.05) is 23.2 Å². The molecule has 2 fully saturated rings. The average Bonchev–Trinajstić information content (AvgIpc) is 2.52. The molecule has 0 aromatic heterocycles. The van der Waals surface area contributed by atoms with E-state index >= 15 is 0 Å². The van der Waals surface area contributed by atoms with Crippen LogP contribution in [0.1, 0.15) is 42.5 Å². The SMILES string of the molecule is O=C(NC[C@H]1CCC[NH+]2CCCC[C@H]12)c1ccc(Cl)cc1Cl. The van der Waals surface area contributed by atoms with Crippen LogP contribution in [-0.2, 0) is 0 Å². The predicted molar refractivity (Wildman–Crippen MR) is 89.9 cm³/mol. The highest BCUT2D eigenvalue weighted by molar-refractivity contribution is 6.36. The first-order valence-electron chi connectivity index (χ1n) is 8.23. The molecule has 0 aliphatic carbocycles. The third-order valence-corrected chi connectivity index (χ3v) is 5.68. The number of hydrogen-bond donors (Lipinski definition) is 2. The van der Waals surface area contributed by atoms with E-state index in [1.165, 1.54) is 45.2 Å². The Kier molecular flexibility index (Phi) is 5.27. The smallest absolute Gasteiger partial charge is 0.252 e. The molecule has 0 bridgehead atoms. The lowest BCUT2D eigenvalue weighted by molar-refractivity contribution is -0.939. The van der Waals surface area contributed by atoms with Gasteiger partial charge in [0.15, 0.2) is 0 Å². The summed E-state index contributed by atoms with van der Waals surface area (Å²) in [5, 5.41) is 4.05. The number of amides is 1. The highest BCUT2D eigenvalue weighted by Gasteiger charge is 2.36. The van der Waals surface area contributed by atoms with E-state index in [1.54, 1.807) is 23.1 Å². The van der Waals surface area contributed by atoms with Crippen molar-refractivity contribution in [2.24, 2.45) is 5.92 Å². The van der Waals surface area contributed by atoms with Gasteiger partial charge in [0.25, 0.3) is 5.91 Å². The first-order chi connectivity index (χ1) is 10.6. The van der Waals surface area contributed by atoms with Crippen LogP contribution in [0, 0.1) is 5.92 Å². The lowest BCUT2D eigenvalue weighted by Gasteiger charge is -2.41. The summed E-state index contributed by atoms with van der Waals surface area (Å²) in [5.74, 6) is 0.503. The number of fused-ring (bicyclic) bond motifs is 1. The van der Waals surface area contributed by atoms with E-state index in [-0.39, 0.29) is 5.91 Å². The molecule has 5 heteroatoms. The van der Waals surface area contributed by atoms with E-state index < -0.39 is 0 Å². The minimum absolute atomic E-state index is 0.0930. The second-order valence-electron chi connectivity index (χ2n) is 6.50. The van der Waals surface area contributed by atoms with Crippen molar-refractivity contribution in [3.63, 3.8) is 0 Å². The molecular formula is C17H23Cl2N2O+. The molecule has 0 radical (unpaired) electrons. The van der Waals surface area contributed by atoms with Gasteiger partial charge in [0, 0.05) is 17.5 Å². The Bertz CT molecular complexity index is 547. The maximum absolute atomic E-state index is 12.3. The van der Waals surface area contributed by atoms with Gasteiger partial charge in [-0.15, -0.1) is 0 Å². The molecule has 3 rings (SSSR count). The number of hydrogen-bond acceptors (Lipinski definition) is 1. The quantitative estimate of drug-likeness (QED) is 0.870. The van der Waals surface area contributed by atoms with Gasteiger partial charge in [-0.05, 0) is 50.3 Å². The first-order valence-corrected chi connectivity index (χ1v) is 8.98. The van der Waals surface area contributed by atoms with Crippen molar-refractivity contribution in [1.29, 1.82) is 0 Å². The van der Waals surface area contributed by atoms with E-state index in [9.17, 15) is 4.79 Å². The van der Waals surface area contributed by atoms with E-state index in [0.29, 0.717) is 21.5 Å². The van der Waals surface area contributed by atoms with Gasteiger partial charge in [0.05, 0.1) is 29.7 Å². The van der Waals surface area contributed by atoms with Crippen molar-refractivity contribution < 1.29 is 9.69 Å². The van der Waals surface area contributed by atoms with E-state index in [4.69, 9.17) is 23.2 Å². The molecule has 3 atom stereocenters. The average molecular weight is 342 g/mol. The summed E-state index contributed by atoms with van der Waals surface area (Å²) < 4.78 is 0. The summed E-state index contributed by atoms with van der Waals surface area (Å²) in [6, 6.07) is 5.74. The third kappa shape index (κ3) is 3.58. The van der Waals surface area contributed by atoms with Gasteiger partial charge in [-0.25, -0.2) is 0 Å². The van der Waals surface area contributed by atoms with Crippen molar-refractivity contribution in [3.8, 4) is 0 Å². The van der Waals surface area contributed by atoms with E-state index in [1.807, 2.05) is 0 Å². The Labute approximate surface area is 142 Å². The molecule has 1 aromatic carbocycles. The number of benzene rings is 1. The fourth-order valence-corrected chi connectivity index (χ4v) is 4.51. The van der Waals surface area contributed by atoms with Crippen LogP contribution in [0.2, 0.25) is 10.0 Å². The number of rotatable bonds is 3. The van der Waals surface area contributed by atoms with Crippen LogP contribution in [0.25, 0.3) is 0 Å². The number of carbonyl (C=O) groups excluding carboxylic acids is 1. The lowest BCUT2D eigenvalue weighted by atomic mass is 9.83. The van der Waals surface area contributed by atoms with Crippen molar-refractivity contribution in [2.45, 2.75) is 38.1 Å². The zero-order chi connectivity index (χ0) is 15.5. The molecule has 2 aliphatic rings. The standard InChI is InChI=1S/C17H22Cl2N2O/c18-13-6-7-14(15(19)10-13)17(22)20-11-12-4-3-9-21-8-2-1-5-16(12)21/h6-7,10,12,16H,1-5,8-9,11H2,(H,20,22)/p+1/t12-,16-/m1/s1. The number of piperidine rings is 2. The van der Waals surface area contributed by atoms with E-state index in [0.717, 1.165) is 12.6 Å².